The minimum absolute atomic E-state index is 0.00543. The Kier molecular flexibility index (Phi) is 4.12. The summed E-state index contributed by atoms with van der Waals surface area (Å²) in [6.45, 7) is 2.02. The van der Waals surface area contributed by atoms with Crippen molar-refractivity contribution < 1.29 is 9.59 Å². The monoisotopic (exact) mass is 341 g/mol. The molecule has 2 aromatic heterocycles. The van der Waals surface area contributed by atoms with E-state index in [1.54, 1.807) is 18.3 Å². The molecule has 130 valence electrons. The number of pyridine rings is 1. The van der Waals surface area contributed by atoms with Crippen LogP contribution >= 0.6 is 0 Å². The number of hydrogen-bond donors (Lipinski definition) is 0. The first-order chi connectivity index (χ1) is 12.2. The van der Waals surface area contributed by atoms with Crippen LogP contribution < -0.4 is 0 Å². The molecule has 0 radical (unpaired) electrons. The average molecular weight is 341 g/mol. The van der Waals surface area contributed by atoms with Crippen LogP contribution in [-0.4, -0.2) is 72.5 Å². The third kappa shape index (κ3) is 3.21. The summed E-state index contributed by atoms with van der Waals surface area (Å²) in [4.78, 5) is 33.3. The molecule has 9 heteroatoms. The van der Waals surface area contributed by atoms with Crippen LogP contribution in [0.25, 0.3) is 0 Å². The summed E-state index contributed by atoms with van der Waals surface area (Å²) < 4.78 is 1.43. The van der Waals surface area contributed by atoms with Crippen LogP contribution in [0.2, 0.25) is 0 Å². The number of rotatable bonds is 3. The van der Waals surface area contributed by atoms with Crippen molar-refractivity contribution in [1.29, 1.82) is 0 Å². The van der Waals surface area contributed by atoms with E-state index in [1.165, 1.54) is 11.0 Å². The summed E-state index contributed by atoms with van der Waals surface area (Å²) in [6.07, 6.45) is 5.01. The van der Waals surface area contributed by atoms with Crippen molar-refractivity contribution in [2.45, 2.75) is 25.4 Å². The molecule has 3 aliphatic rings. The standard InChI is InChI=1S/C16H19N7O2/c24-15(10-22-11-18-19-20-22)23-8-12-4-5-13(23)9-21(7-12)16(25)14-3-1-2-6-17-14/h1-3,6,11-13H,4-5,7-10H2/t12-,13+/m0/s1. The van der Waals surface area contributed by atoms with E-state index in [2.05, 4.69) is 20.5 Å². The fraction of sp³-hybridized carbons (Fsp3) is 0.500. The highest BCUT2D eigenvalue weighted by molar-refractivity contribution is 5.92. The van der Waals surface area contributed by atoms with E-state index in [4.69, 9.17) is 0 Å². The van der Waals surface area contributed by atoms with Gasteiger partial charge in [0.05, 0.1) is 0 Å². The van der Waals surface area contributed by atoms with Gasteiger partial charge in [-0.25, -0.2) is 4.68 Å². The first kappa shape index (κ1) is 15.7. The highest BCUT2D eigenvalue weighted by Gasteiger charge is 2.38. The lowest BCUT2D eigenvalue weighted by atomic mass is 9.95. The smallest absolute Gasteiger partial charge is 0.272 e. The predicted molar refractivity (Wildman–Crippen MR) is 86.2 cm³/mol. The number of tetrazole rings is 1. The Balaban J connectivity index is 1.48. The van der Waals surface area contributed by atoms with Gasteiger partial charge in [-0.2, -0.15) is 0 Å². The Hall–Kier alpha value is -2.84. The summed E-state index contributed by atoms with van der Waals surface area (Å²) in [5, 5.41) is 10.9. The van der Waals surface area contributed by atoms with Crippen LogP contribution in [-0.2, 0) is 11.3 Å². The number of piperidine rings is 1. The zero-order chi connectivity index (χ0) is 17.2. The van der Waals surface area contributed by atoms with Crippen molar-refractivity contribution in [2.75, 3.05) is 19.6 Å². The number of carbonyl (C=O) groups excluding carboxylic acids is 2. The highest BCUT2D eigenvalue weighted by atomic mass is 16.2. The lowest BCUT2D eigenvalue weighted by molar-refractivity contribution is -0.136. The zero-order valence-corrected chi connectivity index (χ0v) is 13.7. The van der Waals surface area contributed by atoms with Crippen molar-refractivity contribution in [2.24, 2.45) is 5.92 Å². The van der Waals surface area contributed by atoms with Crippen molar-refractivity contribution >= 4 is 11.8 Å². The molecule has 5 heterocycles. The van der Waals surface area contributed by atoms with Crippen molar-refractivity contribution in [3.05, 3.63) is 36.4 Å². The molecular formula is C16H19N7O2. The number of fused-ring (bicyclic) bond motifs is 4. The van der Waals surface area contributed by atoms with Gasteiger partial charge in [-0.05, 0) is 41.3 Å². The molecule has 3 fully saturated rings. The second-order valence-corrected chi connectivity index (χ2v) is 6.58. The Labute approximate surface area is 144 Å². The van der Waals surface area contributed by atoms with Gasteiger partial charge in [0, 0.05) is 31.9 Å². The molecule has 5 rings (SSSR count). The Bertz CT molecular complexity index is 749. The van der Waals surface area contributed by atoms with Gasteiger partial charge in [0.2, 0.25) is 5.91 Å². The topological polar surface area (TPSA) is 97.1 Å². The van der Waals surface area contributed by atoms with Crippen LogP contribution in [0.3, 0.4) is 0 Å². The number of amides is 2. The van der Waals surface area contributed by atoms with Crippen molar-refractivity contribution in [3.8, 4) is 0 Å². The molecule has 2 bridgehead atoms. The highest BCUT2D eigenvalue weighted by Crippen LogP contribution is 2.28. The van der Waals surface area contributed by atoms with Crippen LogP contribution in [0.15, 0.2) is 30.7 Å². The van der Waals surface area contributed by atoms with E-state index in [0.717, 1.165) is 12.8 Å². The number of carbonyl (C=O) groups is 2. The van der Waals surface area contributed by atoms with E-state index >= 15 is 0 Å². The van der Waals surface area contributed by atoms with Gasteiger partial charge in [0.25, 0.3) is 5.91 Å². The van der Waals surface area contributed by atoms with Gasteiger partial charge >= 0.3 is 0 Å². The summed E-state index contributed by atoms with van der Waals surface area (Å²) in [5.74, 6) is 0.227. The minimum atomic E-state index is -0.0627. The molecule has 0 saturated carbocycles. The maximum absolute atomic E-state index is 12.7. The molecule has 0 spiro atoms. The molecule has 9 nitrogen and oxygen atoms in total. The zero-order valence-electron chi connectivity index (χ0n) is 13.7. The average Bonchev–Trinajstić information content (AvgIpc) is 2.98. The summed E-state index contributed by atoms with van der Waals surface area (Å²) in [6, 6.07) is 5.38. The van der Waals surface area contributed by atoms with E-state index in [1.807, 2.05) is 15.9 Å². The van der Waals surface area contributed by atoms with Crippen LogP contribution in [0.1, 0.15) is 23.3 Å². The Morgan fingerprint density at radius 1 is 1.16 bits per heavy atom. The van der Waals surface area contributed by atoms with E-state index in [0.29, 0.717) is 31.2 Å². The van der Waals surface area contributed by atoms with Crippen LogP contribution in [0.4, 0.5) is 0 Å². The molecule has 0 aromatic carbocycles. The third-order valence-corrected chi connectivity index (χ3v) is 4.89. The molecule has 0 aliphatic carbocycles. The summed E-state index contributed by atoms with van der Waals surface area (Å²) in [7, 11) is 0. The molecule has 3 aliphatic heterocycles. The van der Waals surface area contributed by atoms with Crippen molar-refractivity contribution in [3.63, 3.8) is 0 Å². The van der Waals surface area contributed by atoms with E-state index in [9.17, 15) is 9.59 Å². The number of nitrogens with zero attached hydrogens (tertiary/aromatic N) is 7. The molecular weight excluding hydrogens is 322 g/mol. The SMILES string of the molecule is O=C(c1ccccn1)N1C[C@@H]2CC[C@H](C1)N(C(=O)Cn1cnnn1)C2. The van der Waals surface area contributed by atoms with Crippen LogP contribution in [0, 0.1) is 5.92 Å². The lowest BCUT2D eigenvalue weighted by Gasteiger charge is -2.36. The molecule has 25 heavy (non-hydrogen) atoms. The van der Waals surface area contributed by atoms with Gasteiger partial charge in [0.15, 0.2) is 0 Å². The molecule has 2 atom stereocenters. The fourth-order valence-electron chi connectivity index (χ4n) is 3.69. The van der Waals surface area contributed by atoms with Gasteiger partial charge in [-0.15, -0.1) is 5.10 Å². The van der Waals surface area contributed by atoms with Gasteiger partial charge in [0.1, 0.15) is 18.6 Å². The third-order valence-electron chi connectivity index (χ3n) is 4.89. The Morgan fingerprint density at radius 3 is 2.84 bits per heavy atom. The second kappa shape index (κ2) is 6.58. The van der Waals surface area contributed by atoms with E-state index < -0.39 is 0 Å². The summed E-state index contributed by atoms with van der Waals surface area (Å²) >= 11 is 0. The largest absolute Gasteiger partial charge is 0.336 e. The van der Waals surface area contributed by atoms with Gasteiger partial charge in [-0.1, -0.05) is 6.07 Å². The predicted octanol–water partition coefficient (Wildman–Crippen LogP) is -0.169. The first-order valence-electron chi connectivity index (χ1n) is 8.41. The second-order valence-electron chi connectivity index (χ2n) is 6.58. The number of aromatic nitrogens is 5. The normalized spacial score (nSPS) is 22.7. The van der Waals surface area contributed by atoms with Gasteiger partial charge < -0.3 is 9.80 Å². The molecule has 2 amide bonds. The molecule has 0 unspecified atom stereocenters. The van der Waals surface area contributed by atoms with E-state index in [-0.39, 0.29) is 24.4 Å². The number of hydrogen-bond acceptors (Lipinski definition) is 6. The first-order valence-corrected chi connectivity index (χ1v) is 8.41. The molecule has 3 saturated heterocycles. The molecule has 0 N–H and O–H groups in total. The quantitative estimate of drug-likeness (QED) is 0.769. The molecule has 2 aromatic rings. The summed E-state index contributed by atoms with van der Waals surface area (Å²) in [5.41, 5.74) is 0.454. The van der Waals surface area contributed by atoms with Crippen molar-refractivity contribution in [1.82, 2.24) is 35.0 Å². The Morgan fingerprint density at radius 2 is 2.08 bits per heavy atom. The minimum Gasteiger partial charge on any atom is -0.336 e. The maximum atomic E-state index is 12.7. The fourth-order valence-corrected chi connectivity index (χ4v) is 3.69. The van der Waals surface area contributed by atoms with Gasteiger partial charge in [-0.3, -0.25) is 14.6 Å². The lowest BCUT2D eigenvalue weighted by Crippen LogP contribution is -2.48. The van der Waals surface area contributed by atoms with Crippen LogP contribution in [0.5, 0.6) is 0 Å². The maximum Gasteiger partial charge on any atom is 0.272 e.